The van der Waals surface area contributed by atoms with E-state index >= 15 is 0 Å². The second-order valence-corrected chi connectivity index (χ2v) is 42.1. The summed E-state index contributed by atoms with van der Waals surface area (Å²) in [6, 6.07) is 10.0. The third-order valence-corrected chi connectivity index (χ3v) is 32.6. The average Bonchev–Trinajstić information content (AvgIpc) is 1.56. The maximum atomic E-state index is 12.2. The van der Waals surface area contributed by atoms with Gasteiger partial charge >= 0.3 is 0 Å². The van der Waals surface area contributed by atoms with Crippen LogP contribution in [0.5, 0.6) is 0 Å². The highest BCUT2D eigenvalue weighted by atomic mass is 16.8. The van der Waals surface area contributed by atoms with Gasteiger partial charge in [-0.2, -0.15) is 0 Å². The summed E-state index contributed by atoms with van der Waals surface area (Å²) in [7, 11) is 1.65. The molecule has 0 aliphatic carbocycles. The summed E-state index contributed by atoms with van der Waals surface area (Å²) in [4.78, 5) is 94.1. The van der Waals surface area contributed by atoms with E-state index in [1.807, 2.05) is 143 Å². The zero-order valence-corrected chi connectivity index (χ0v) is 87.8. The summed E-state index contributed by atoms with van der Waals surface area (Å²) >= 11 is 0. The van der Waals surface area contributed by atoms with E-state index in [1.54, 1.807) is 62.5 Å². The van der Waals surface area contributed by atoms with Crippen LogP contribution in [0.4, 0.5) is 0 Å². The summed E-state index contributed by atoms with van der Waals surface area (Å²) in [5.74, 6) is 1.40. The van der Waals surface area contributed by atoms with Crippen LogP contribution < -0.4 is 0 Å². The fourth-order valence-corrected chi connectivity index (χ4v) is 24.4. The first-order valence-electron chi connectivity index (χ1n) is 53.3. The van der Waals surface area contributed by atoms with Crippen molar-refractivity contribution in [3.8, 4) is 0 Å². The molecule has 20 aliphatic rings. The van der Waals surface area contributed by atoms with Gasteiger partial charge in [0.05, 0.1) is 167 Å². The summed E-state index contributed by atoms with van der Waals surface area (Å²) in [6.07, 6.45) is 45.1. The van der Waals surface area contributed by atoms with Crippen LogP contribution in [0, 0.1) is 59.2 Å². The molecule has 0 aromatic heterocycles. The smallest absolute Gasteiger partial charge is 0.191 e. The van der Waals surface area contributed by atoms with Crippen molar-refractivity contribution < 1.29 is 143 Å². The van der Waals surface area contributed by atoms with Crippen molar-refractivity contribution in [2.75, 3.05) is 79.8 Å². The highest BCUT2D eigenvalue weighted by molar-refractivity contribution is 5.85. The van der Waals surface area contributed by atoms with Crippen molar-refractivity contribution in [1.29, 1.82) is 0 Å². The molecule has 21 rings (SSSR count). The Bertz CT molecular complexity index is 4630. The van der Waals surface area contributed by atoms with Crippen LogP contribution in [0.1, 0.15) is 245 Å². The van der Waals surface area contributed by atoms with E-state index in [1.165, 1.54) is 0 Å². The summed E-state index contributed by atoms with van der Waals surface area (Å²) in [5, 5.41) is 0. The number of carbonyl (C=O) groups is 8. The van der Waals surface area contributed by atoms with E-state index in [4.69, 9.17) is 104 Å². The van der Waals surface area contributed by atoms with Gasteiger partial charge in [0.2, 0.25) is 0 Å². The topological polar surface area (TPSA) is 340 Å². The van der Waals surface area contributed by atoms with Gasteiger partial charge in [-0.3, -0.25) is 38.4 Å². The number of ketones is 8. The zero-order chi connectivity index (χ0) is 103. The van der Waals surface area contributed by atoms with Crippen LogP contribution in [0.2, 0.25) is 0 Å². The Morgan fingerprint density at radius 1 is 0.343 bits per heavy atom. The van der Waals surface area contributed by atoms with E-state index in [2.05, 4.69) is 53.7 Å². The number of hydrogen-bond donors (Lipinski definition) is 0. The molecule has 0 amide bonds. The van der Waals surface area contributed by atoms with Crippen molar-refractivity contribution in [1.82, 2.24) is 0 Å². The van der Waals surface area contributed by atoms with Gasteiger partial charge < -0.3 is 104 Å². The molecule has 30 unspecified atom stereocenters. The Labute approximate surface area is 846 Å². The van der Waals surface area contributed by atoms with Gasteiger partial charge in [0.1, 0.15) is 97.2 Å². The molecule has 16 bridgehead atoms. The summed E-state index contributed by atoms with van der Waals surface area (Å²) in [5.41, 5.74) is -4.05. The van der Waals surface area contributed by atoms with Crippen LogP contribution in [0.15, 0.2) is 128 Å². The minimum absolute atomic E-state index is 0.0156. The number of fused-ring (bicyclic) bond motifs is 16. The first-order chi connectivity index (χ1) is 68.6. The van der Waals surface area contributed by atoms with Crippen molar-refractivity contribution in [3.05, 3.63) is 133 Å². The molecule has 20 aliphatic heterocycles. The average molecular weight is 2000 g/mol. The monoisotopic (exact) mass is 2000 g/mol. The minimum atomic E-state index is -0.742. The number of Topliss-reactive ketones (excluding diaryl/α,β-unsaturated/α-hetero) is 8. The largest absolute Gasteiger partial charge is 0.378 e. The molecular weight excluding hydrogens is 1840 g/mol. The molecule has 30 heteroatoms. The number of hydrogen-bond acceptors (Lipinski definition) is 30. The van der Waals surface area contributed by atoms with Gasteiger partial charge in [-0.25, -0.2) is 0 Å². The predicted octanol–water partition coefficient (Wildman–Crippen LogP) is 16.0. The minimum Gasteiger partial charge on any atom is -0.378 e. The van der Waals surface area contributed by atoms with E-state index in [0.717, 1.165) is 115 Å². The Morgan fingerprint density at radius 3 is 0.972 bits per heavy atom. The quantitative estimate of drug-likeness (QED) is 0.0337. The normalized spacial score (nSPS) is 38.6. The highest BCUT2D eigenvalue weighted by Crippen LogP contribution is 2.56. The second-order valence-electron chi connectivity index (χ2n) is 42.1. The molecule has 30 atom stereocenters. The first-order valence-corrected chi connectivity index (χ1v) is 53.3. The van der Waals surface area contributed by atoms with Crippen molar-refractivity contribution in [2.45, 2.75) is 390 Å². The molecule has 12 saturated heterocycles. The fraction of sp³-hybridized carbons (Fsp3) is 0.735. The molecule has 143 heavy (non-hydrogen) atoms. The lowest BCUT2D eigenvalue weighted by molar-refractivity contribution is -0.255. The van der Waals surface area contributed by atoms with E-state index < -0.39 is 82.5 Å². The van der Waals surface area contributed by atoms with Crippen LogP contribution in [0.25, 0.3) is 0 Å². The second kappa shape index (κ2) is 49.1. The molecule has 0 N–H and O–H groups in total. The maximum Gasteiger partial charge on any atom is 0.191 e. The SMILES string of the molecule is CC(=O)C1CC2C=CC1(C1OCC(C)O1)O2.CC(=O)C1CC2C=CC1(C1OCC(c3ccccc3)O1)O2.CC(=O)C1CC2C=CC1(C1OCCCO1)O2.CC(=O)C1CC2C=CC1(C1OCCO1)O2.CCC(CC)COC(OCC(CC)CC)C12C=CC(CC1C(C)=O)O2.CCCCOC(OCCCC)C12C=CC(CC1C(C)=O)O2.CCOC(C)C12C=CC(CC1C(C)=O)O2.COC(C)C12C=CC(CC1C(C)=O)O2. The van der Waals surface area contributed by atoms with Crippen LogP contribution in [-0.2, 0) is 143 Å². The van der Waals surface area contributed by atoms with Crippen molar-refractivity contribution >= 4 is 46.3 Å². The molecule has 20 heterocycles. The highest BCUT2D eigenvalue weighted by Gasteiger charge is 2.66. The number of ether oxygens (including phenoxy) is 22. The number of rotatable bonds is 38. The van der Waals surface area contributed by atoms with E-state index in [0.29, 0.717) is 84.5 Å². The number of methoxy groups -OCH3 is 1. The molecule has 794 valence electrons. The predicted molar refractivity (Wildman–Crippen MR) is 527 cm³/mol. The number of unbranched alkanes of at least 4 members (excludes halogenated alkanes) is 2. The molecule has 0 spiro atoms. The van der Waals surface area contributed by atoms with Gasteiger partial charge in [0.15, 0.2) is 37.7 Å². The van der Waals surface area contributed by atoms with Gasteiger partial charge in [0.25, 0.3) is 0 Å². The van der Waals surface area contributed by atoms with Gasteiger partial charge in [0, 0.05) is 26.9 Å². The Kier molecular flexibility index (Phi) is 38.6. The Morgan fingerprint density at radius 2 is 0.650 bits per heavy atom. The molecule has 0 radical (unpaired) electrons. The van der Waals surface area contributed by atoms with Crippen LogP contribution in [0.3, 0.4) is 0 Å². The molecule has 1 aromatic rings. The van der Waals surface area contributed by atoms with E-state index in [9.17, 15) is 38.4 Å². The molecular formula is C113H162O30. The Hall–Kier alpha value is -6.38. The standard InChI is InChI=1S/C21H36O4.C17H18O4.C17H28O4.2C12H16O4.C12H18O3.C11H14O4.C11H16O3/c1-6-16(7-2)13-23-20(24-14-17(8-3)9-4)21-11-10-18(25-21)12-19(21)15(5)22;1-11(18)14-9-13-7-8-17(14,21-13)16-19-10-15(20-16)12-5-3-2-4-6-12;1-4-6-10-19-16(20-11-7-5-2)17-9-8-14(21-17)12-15(17)13(3)18;1-7-6-14-11(15-7)12-4-3-9(16-12)5-10(12)8(2)13;1-8(13)10-7-9-3-4-12(10,16-9)11-14-5-2-6-15-11;1-4-14-9(3)12-6-5-10(15-12)7-11(12)8(2)13;1-7(12)9-6-8-2-3-11(9,15-8)10-13-4-5-14-10;1-7(12)10-6-9-4-5-11(10,14-9)8(2)13-3/h10-11,16-20H,6-9,12-14H2,1-5H3;2-8,13-16H,9-10H2,1H3;8-9,14-16H,4-7,10-12H2,1-3H3;3-4,7,9-11H,5-6H2,1-2H3;3-4,9-11H,2,5-7H2,1H3;5-6,9-11H,4,7H2,1-3H3;2-3,8-10H,4-6H2,1H3;4-5,8-10H,6H2,1-3H3. The van der Waals surface area contributed by atoms with Gasteiger partial charge in [-0.1, -0.05) is 171 Å². The summed E-state index contributed by atoms with van der Waals surface area (Å²) < 4.78 is 128. The lowest BCUT2D eigenvalue weighted by atomic mass is 9.77. The number of benzene rings is 1. The fourth-order valence-electron chi connectivity index (χ4n) is 24.4. The third-order valence-electron chi connectivity index (χ3n) is 32.6. The zero-order valence-electron chi connectivity index (χ0n) is 87.8. The molecule has 1 aromatic carbocycles. The van der Waals surface area contributed by atoms with Crippen molar-refractivity contribution in [3.63, 3.8) is 0 Å². The number of carbonyl (C=O) groups excluding carboxylic acids is 8. The molecule has 0 saturated carbocycles. The van der Waals surface area contributed by atoms with Gasteiger partial charge in [-0.05, 0) is 208 Å². The Balaban J connectivity index is 0.000000131. The van der Waals surface area contributed by atoms with Crippen LogP contribution in [-0.4, -0.2) is 276 Å². The molecule has 30 nitrogen and oxygen atoms in total. The summed E-state index contributed by atoms with van der Waals surface area (Å²) in [6.45, 7) is 40.7. The third kappa shape index (κ3) is 23.7. The lowest BCUT2D eigenvalue weighted by Gasteiger charge is -2.38. The molecule has 12 fully saturated rings. The lowest BCUT2D eigenvalue weighted by Crippen LogP contribution is -2.51. The van der Waals surface area contributed by atoms with Crippen molar-refractivity contribution in [2.24, 2.45) is 59.2 Å². The maximum absolute atomic E-state index is 12.2. The van der Waals surface area contributed by atoms with E-state index in [-0.39, 0.29) is 167 Å². The van der Waals surface area contributed by atoms with Gasteiger partial charge in [-0.15, -0.1) is 0 Å². The van der Waals surface area contributed by atoms with Crippen LogP contribution >= 0.6 is 0 Å². The first kappa shape index (κ1) is 112.